The van der Waals surface area contributed by atoms with Gasteiger partial charge in [0.15, 0.2) is 15.6 Å². The summed E-state index contributed by atoms with van der Waals surface area (Å²) in [6, 6.07) is 13.5. The van der Waals surface area contributed by atoms with Crippen LogP contribution in [-0.2, 0) is 42.9 Å². The van der Waals surface area contributed by atoms with Gasteiger partial charge in [-0.25, -0.2) is 8.42 Å². The van der Waals surface area contributed by atoms with E-state index in [-0.39, 0.29) is 43.4 Å². The Morgan fingerprint density at radius 1 is 1.00 bits per heavy atom. The Hall–Kier alpha value is -2.79. The van der Waals surface area contributed by atoms with Gasteiger partial charge in [0.05, 0.1) is 17.4 Å². The number of Topliss-reactive ketones (excluding diaryl/α,β-unsaturated/α-hetero) is 1. The number of piperidine rings is 1. The Kier molecular flexibility index (Phi) is 11.5. The summed E-state index contributed by atoms with van der Waals surface area (Å²) in [7, 11) is -3.73. The summed E-state index contributed by atoms with van der Waals surface area (Å²) in [6.45, 7) is 2.55. The summed E-state index contributed by atoms with van der Waals surface area (Å²) >= 11 is 6.17. The fourth-order valence-corrected chi connectivity index (χ4v) is 7.72. The summed E-state index contributed by atoms with van der Waals surface area (Å²) in [5.41, 5.74) is 8.28. The molecule has 9 nitrogen and oxygen atoms in total. The van der Waals surface area contributed by atoms with E-state index in [0.717, 1.165) is 30.4 Å². The standard InChI is InChI=1S/C31H41ClN4O5S/c32-27-11-9-25(19-33)24(17-27)10-12-29(37)28-20-34-13-16-36(28)31(39)26(18-30(38)35-14-5-2-6-15-35)22-42(40,41)21-23-7-3-1-4-8-23/h1,3-4,7-9,11,17,26,28,34H,2,5-6,10,12-16,18-22,33H2/t26-,28-/m0/s1. The van der Waals surface area contributed by atoms with E-state index in [4.69, 9.17) is 17.3 Å². The maximum atomic E-state index is 14.1. The highest BCUT2D eigenvalue weighted by Gasteiger charge is 2.38. The minimum absolute atomic E-state index is 0.133. The smallest absolute Gasteiger partial charge is 0.227 e. The maximum Gasteiger partial charge on any atom is 0.227 e. The quantitative estimate of drug-likeness (QED) is 0.375. The van der Waals surface area contributed by atoms with Crippen LogP contribution in [0.25, 0.3) is 0 Å². The number of halogens is 1. The number of rotatable bonds is 12. The van der Waals surface area contributed by atoms with Gasteiger partial charge in [0, 0.05) is 57.1 Å². The Bertz CT molecular complexity index is 1350. The van der Waals surface area contributed by atoms with E-state index < -0.39 is 33.5 Å². The number of likely N-dealkylation sites (tertiary alicyclic amines) is 1. The highest BCUT2D eigenvalue weighted by atomic mass is 35.5. The Morgan fingerprint density at radius 2 is 1.74 bits per heavy atom. The van der Waals surface area contributed by atoms with E-state index in [1.165, 1.54) is 4.90 Å². The molecular formula is C31H41ClN4O5S. The molecule has 3 N–H and O–H groups in total. The van der Waals surface area contributed by atoms with Crippen molar-refractivity contribution in [3.8, 4) is 0 Å². The van der Waals surface area contributed by atoms with Gasteiger partial charge in [0.2, 0.25) is 11.8 Å². The van der Waals surface area contributed by atoms with Gasteiger partial charge in [-0.3, -0.25) is 14.4 Å². The zero-order valence-electron chi connectivity index (χ0n) is 24.0. The van der Waals surface area contributed by atoms with Gasteiger partial charge in [0.25, 0.3) is 0 Å². The average Bonchev–Trinajstić information content (AvgIpc) is 2.99. The normalized spacial score (nSPS) is 18.5. The maximum absolute atomic E-state index is 14.1. The number of piperazine rings is 1. The van der Waals surface area contributed by atoms with Crippen LogP contribution < -0.4 is 11.1 Å². The molecule has 2 aromatic carbocycles. The zero-order valence-corrected chi connectivity index (χ0v) is 25.5. The molecule has 2 aromatic rings. The number of carbonyl (C=O) groups excluding carboxylic acids is 3. The number of nitrogens with one attached hydrogen (secondary N) is 1. The van der Waals surface area contributed by atoms with Gasteiger partial charge in [-0.15, -0.1) is 0 Å². The van der Waals surface area contributed by atoms with E-state index in [1.807, 2.05) is 12.1 Å². The van der Waals surface area contributed by atoms with Crippen molar-refractivity contribution in [2.45, 2.75) is 56.9 Å². The van der Waals surface area contributed by atoms with Crippen LogP contribution in [0.3, 0.4) is 0 Å². The van der Waals surface area contributed by atoms with Crippen LogP contribution in [0.4, 0.5) is 0 Å². The highest BCUT2D eigenvalue weighted by Crippen LogP contribution is 2.23. The summed E-state index contributed by atoms with van der Waals surface area (Å²) in [4.78, 5) is 44.0. The number of amides is 2. The number of hydrogen-bond acceptors (Lipinski definition) is 7. The van der Waals surface area contributed by atoms with E-state index in [2.05, 4.69) is 5.32 Å². The van der Waals surface area contributed by atoms with Crippen LogP contribution in [-0.4, -0.2) is 80.3 Å². The molecule has 228 valence electrons. The van der Waals surface area contributed by atoms with E-state index in [9.17, 15) is 22.8 Å². The number of hydrogen-bond donors (Lipinski definition) is 2. The fraction of sp³-hybridized carbons (Fsp3) is 0.516. The molecular weight excluding hydrogens is 576 g/mol. The lowest BCUT2D eigenvalue weighted by Gasteiger charge is -2.38. The molecule has 0 unspecified atom stereocenters. The lowest BCUT2D eigenvalue weighted by atomic mass is 9.96. The Labute approximate surface area is 253 Å². The first-order valence-electron chi connectivity index (χ1n) is 14.7. The molecule has 0 aromatic heterocycles. The second-order valence-electron chi connectivity index (χ2n) is 11.2. The van der Waals surface area contributed by atoms with Crippen molar-refractivity contribution in [3.63, 3.8) is 0 Å². The molecule has 11 heteroatoms. The van der Waals surface area contributed by atoms with Crippen LogP contribution in [0.1, 0.15) is 48.8 Å². The SMILES string of the molecule is NCc1ccc(Cl)cc1CCC(=O)[C@@H]1CNCCN1C(=O)[C@@H](CC(=O)N1CCCCC1)CS(=O)(=O)Cc1ccccc1. The summed E-state index contributed by atoms with van der Waals surface area (Å²) in [5, 5.41) is 3.75. The van der Waals surface area contributed by atoms with E-state index in [0.29, 0.717) is 43.2 Å². The summed E-state index contributed by atoms with van der Waals surface area (Å²) in [5.74, 6) is -2.54. The van der Waals surface area contributed by atoms with Crippen LogP contribution in [0.2, 0.25) is 5.02 Å². The van der Waals surface area contributed by atoms with Crippen LogP contribution in [0.5, 0.6) is 0 Å². The third-order valence-corrected chi connectivity index (χ3v) is 10.0. The number of nitrogens with zero attached hydrogens (tertiary/aromatic N) is 2. The number of carbonyl (C=O) groups is 3. The molecule has 2 fully saturated rings. The van der Waals surface area contributed by atoms with Crippen molar-refractivity contribution >= 4 is 39.0 Å². The predicted octanol–water partition coefficient (Wildman–Crippen LogP) is 2.73. The highest BCUT2D eigenvalue weighted by molar-refractivity contribution is 7.90. The zero-order chi connectivity index (χ0) is 30.1. The lowest BCUT2D eigenvalue weighted by Crippen LogP contribution is -2.59. The topological polar surface area (TPSA) is 130 Å². The van der Waals surface area contributed by atoms with Gasteiger partial charge in [-0.2, -0.15) is 0 Å². The Morgan fingerprint density at radius 3 is 2.45 bits per heavy atom. The van der Waals surface area contributed by atoms with E-state index >= 15 is 0 Å². The predicted molar refractivity (Wildman–Crippen MR) is 164 cm³/mol. The summed E-state index contributed by atoms with van der Waals surface area (Å²) in [6.07, 6.45) is 3.23. The second-order valence-corrected chi connectivity index (χ2v) is 13.8. The lowest BCUT2D eigenvalue weighted by molar-refractivity contribution is -0.146. The second kappa shape index (κ2) is 15.1. The first kappa shape index (κ1) is 32.1. The van der Waals surface area contributed by atoms with Crippen molar-refractivity contribution in [1.29, 1.82) is 0 Å². The number of sulfone groups is 1. The number of aryl methyl sites for hydroxylation is 1. The van der Waals surface area contributed by atoms with Crippen molar-refractivity contribution in [3.05, 3.63) is 70.2 Å². The number of ketones is 1. The van der Waals surface area contributed by atoms with Gasteiger partial charge in [-0.05, 0) is 54.5 Å². The molecule has 2 heterocycles. The summed E-state index contributed by atoms with van der Waals surface area (Å²) < 4.78 is 26.6. The molecule has 4 rings (SSSR count). The molecule has 0 aliphatic carbocycles. The first-order chi connectivity index (χ1) is 20.2. The average molecular weight is 617 g/mol. The molecule has 42 heavy (non-hydrogen) atoms. The molecule has 0 saturated carbocycles. The molecule has 2 atom stereocenters. The third kappa shape index (κ3) is 8.86. The minimum atomic E-state index is -3.73. The molecule has 0 radical (unpaired) electrons. The number of benzene rings is 2. The molecule has 0 bridgehead atoms. The minimum Gasteiger partial charge on any atom is -0.343 e. The van der Waals surface area contributed by atoms with Gasteiger partial charge in [-0.1, -0.05) is 48.0 Å². The van der Waals surface area contributed by atoms with Gasteiger partial charge in [0.1, 0.15) is 6.04 Å². The van der Waals surface area contributed by atoms with Crippen LogP contribution in [0.15, 0.2) is 48.5 Å². The molecule has 2 aliphatic heterocycles. The van der Waals surface area contributed by atoms with E-state index in [1.54, 1.807) is 41.3 Å². The molecule has 2 amide bonds. The van der Waals surface area contributed by atoms with Gasteiger partial charge >= 0.3 is 0 Å². The van der Waals surface area contributed by atoms with Crippen molar-refractivity contribution < 1.29 is 22.8 Å². The molecule has 2 saturated heterocycles. The first-order valence-corrected chi connectivity index (χ1v) is 16.9. The monoisotopic (exact) mass is 616 g/mol. The Balaban J connectivity index is 1.52. The third-order valence-electron chi connectivity index (χ3n) is 8.09. The molecule has 0 spiro atoms. The van der Waals surface area contributed by atoms with Crippen molar-refractivity contribution in [2.24, 2.45) is 11.7 Å². The largest absolute Gasteiger partial charge is 0.343 e. The number of nitrogens with two attached hydrogens (primary N) is 1. The molecule has 2 aliphatic rings. The van der Waals surface area contributed by atoms with Crippen molar-refractivity contribution in [2.75, 3.05) is 38.5 Å². The van der Waals surface area contributed by atoms with Gasteiger partial charge < -0.3 is 20.9 Å². The van der Waals surface area contributed by atoms with Crippen LogP contribution in [0, 0.1) is 5.92 Å². The van der Waals surface area contributed by atoms with Crippen molar-refractivity contribution in [1.82, 2.24) is 15.1 Å². The van der Waals surface area contributed by atoms with Crippen LogP contribution >= 0.6 is 11.6 Å². The fourth-order valence-electron chi connectivity index (χ4n) is 5.84.